The van der Waals surface area contributed by atoms with Gasteiger partial charge in [0.2, 0.25) is 5.91 Å². The van der Waals surface area contributed by atoms with Crippen LogP contribution in [0, 0.1) is 16.7 Å². The maximum atomic E-state index is 13.3. The number of amides is 1. The molecule has 0 spiro atoms. The van der Waals surface area contributed by atoms with Gasteiger partial charge in [-0.15, -0.1) is 0 Å². The molecule has 2 atom stereocenters. The number of para-hydroxylation sites is 1. The minimum atomic E-state index is -1.82. The fourth-order valence-electron chi connectivity index (χ4n) is 6.18. The van der Waals surface area contributed by atoms with Gasteiger partial charge in [-0.05, 0) is 62.1 Å². The molecule has 8 heteroatoms. The van der Waals surface area contributed by atoms with Gasteiger partial charge in [0.25, 0.3) is 0 Å². The summed E-state index contributed by atoms with van der Waals surface area (Å²) in [6.07, 6.45) is 5.46. The lowest BCUT2D eigenvalue weighted by atomic mass is 9.65. The van der Waals surface area contributed by atoms with Gasteiger partial charge in [0.15, 0.2) is 0 Å². The summed E-state index contributed by atoms with van der Waals surface area (Å²) in [4.78, 5) is 36.1. The van der Waals surface area contributed by atoms with E-state index >= 15 is 0 Å². The fraction of sp³-hybridized carbons (Fsp3) is 0.640. The van der Waals surface area contributed by atoms with Crippen LogP contribution in [0.4, 0.5) is 0 Å². The van der Waals surface area contributed by atoms with Gasteiger partial charge < -0.3 is 20.2 Å². The molecule has 1 aromatic carbocycles. The lowest BCUT2D eigenvalue weighted by Crippen LogP contribution is -2.44. The predicted molar refractivity (Wildman–Crippen MR) is 123 cm³/mol. The van der Waals surface area contributed by atoms with Crippen molar-refractivity contribution in [2.75, 3.05) is 19.6 Å². The van der Waals surface area contributed by atoms with Crippen LogP contribution >= 0.6 is 0 Å². The van der Waals surface area contributed by atoms with Crippen molar-refractivity contribution in [3.05, 3.63) is 29.8 Å². The highest BCUT2D eigenvalue weighted by molar-refractivity contribution is 6.27. The Labute approximate surface area is 195 Å². The number of piperidine rings is 1. The minimum absolute atomic E-state index is 0.177. The molecule has 8 nitrogen and oxygen atoms in total. The van der Waals surface area contributed by atoms with Crippen molar-refractivity contribution in [3.63, 3.8) is 0 Å². The minimum Gasteiger partial charge on any atom is -0.508 e. The highest BCUT2D eigenvalue weighted by Gasteiger charge is 2.51. The van der Waals surface area contributed by atoms with Crippen molar-refractivity contribution < 1.29 is 29.7 Å². The third kappa shape index (κ3) is 6.25. The highest BCUT2D eigenvalue weighted by atomic mass is 16.4. The van der Waals surface area contributed by atoms with E-state index in [1.54, 1.807) is 6.07 Å². The van der Waals surface area contributed by atoms with Crippen LogP contribution in [0.5, 0.6) is 5.75 Å². The molecule has 3 N–H and O–H groups in total. The van der Waals surface area contributed by atoms with Crippen LogP contribution in [0.1, 0.15) is 58.4 Å². The molecule has 0 radical (unpaired) electrons. The standard InChI is InChI=1S/C23H34N2O2.C2H2O4/c1-22(2)12-19-13-23(3,15-22)16-25(19)21(27)17-8-10-24(11-9-17)14-18-6-4-5-7-20(18)26;3-1(4)2(5)6/h4-7,17,19,26H,8-16H2,1-3H3;(H,3,4)(H,5,6). The van der Waals surface area contributed by atoms with Crippen molar-refractivity contribution in [1.82, 2.24) is 9.80 Å². The zero-order chi connectivity index (χ0) is 24.4. The van der Waals surface area contributed by atoms with Crippen LogP contribution in [-0.2, 0) is 20.9 Å². The SMILES string of the molecule is CC1(C)CC2CC(C)(CN2C(=O)C2CCN(Cc3ccccc3O)CC2)C1.O=C(O)C(=O)O. The van der Waals surface area contributed by atoms with Crippen LogP contribution in [0.25, 0.3) is 0 Å². The van der Waals surface area contributed by atoms with E-state index in [4.69, 9.17) is 19.8 Å². The Balaban J connectivity index is 0.000000454. The zero-order valence-corrected chi connectivity index (χ0v) is 19.8. The number of likely N-dealkylation sites (tertiary alicyclic amines) is 2. The highest BCUT2D eigenvalue weighted by Crippen LogP contribution is 2.52. The van der Waals surface area contributed by atoms with Crippen molar-refractivity contribution in [3.8, 4) is 5.75 Å². The number of carboxylic acids is 2. The summed E-state index contributed by atoms with van der Waals surface area (Å²) in [6, 6.07) is 8.01. The van der Waals surface area contributed by atoms with Crippen LogP contribution in [0.2, 0.25) is 0 Å². The van der Waals surface area contributed by atoms with Crippen molar-refractivity contribution in [1.29, 1.82) is 0 Å². The van der Waals surface area contributed by atoms with E-state index in [9.17, 15) is 9.90 Å². The van der Waals surface area contributed by atoms with Gasteiger partial charge >= 0.3 is 11.9 Å². The molecule has 0 aromatic heterocycles. The van der Waals surface area contributed by atoms with Crippen molar-refractivity contribution in [2.24, 2.45) is 16.7 Å². The van der Waals surface area contributed by atoms with Gasteiger partial charge in [-0.25, -0.2) is 9.59 Å². The first-order valence-corrected chi connectivity index (χ1v) is 11.7. The Kier molecular flexibility index (Phi) is 7.36. The number of carbonyl (C=O) groups is 3. The van der Waals surface area contributed by atoms with E-state index in [1.165, 1.54) is 12.8 Å². The maximum absolute atomic E-state index is 13.3. The number of fused-ring (bicyclic) bond motifs is 2. The molecule has 3 fully saturated rings. The summed E-state index contributed by atoms with van der Waals surface area (Å²) in [5.74, 6) is -2.69. The van der Waals surface area contributed by atoms with Gasteiger partial charge in [-0.3, -0.25) is 9.69 Å². The van der Waals surface area contributed by atoms with Gasteiger partial charge in [-0.2, -0.15) is 0 Å². The Morgan fingerprint density at radius 1 is 1.00 bits per heavy atom. The smallest absolute Gasteiger partial charge is 0.414 e. The molecule has 2 bridgehead atoms. The first-order chi connectivity index (χ1) is 15.4. The topological polar surface area (TPSA) is 118 Å². The number of phenols is 1. The third-order valence-corrected chi connectivity index (χ3v) is 7.20. The molecule has 1 amide bonds. The maximum Gasteiger partial charge on any atom is 0.414 e. The number of phenolic OH excluding ortho intramolecular Hbond substituents is 1. The number of rotatable bonds is 3. The Hall–Kier alpha value is -2.61. The summed E-state index contributed by atoms with van der Waals surface area (Å²) in [5, 5.41) is 24.8. The Morgan fingerprint density at radius 3 is 2.18 bits per heavy atom. The van der Waals surface area contributed by atoms with E-state index in [0.29, 0.717) is 28.5 Å². The molecular weight excluding hydrogens is 424 g/mol. The van der Waals surface area contributed by atoms with Crippen molar-refractivity contribution in [2.45, 2.75) is 65.5 Å². The van der Waals surface area contributed by atoms with Gasteiger partial charge in [0.1, 0.15) is 5.75 Å². The van der Waals surface area contributed by atoms with Crippen LogP contribution in [0.15, 0.2) is 24.3 Å². The molecule has 182 valence electrons. The second-order valence-electron chi connectivity index (χ2n) is 11.0. The van der Waals surface area contributed by atoms with Crippen LogP contribution in [-0.4, -0.2) is 68.6 Å². The molecule has 1 aromatic rings. The zero-order valence-electron chi connectivity index (χ0n) is 19.8. The summed E-state index contributed by atoms with van der Waals surface area (Å²) in [5.41, 5.74) is 1.65. The summed E-state index contributed by atoms with van der Waals surface area (Å²) >= 11 is 0. The fourth-order valence-corrected chi connectivity index (χ4v) is 6.18. The summed E-state index contributed by atoms with van der Waals surface area (Å²) in [6.45, 7) is 10.7. The molecule has 1 aliphatic carbocycles. The first-order valence-electron chi connectivity index (χ1n) is 11.7. The van der Waals surface area contributed by atoms with E-state index in [1.807, 2.05) is 18.2 Å². The molecule has 2 aliphatic heterocycles. The average Bonchev–Trinajstić information content (AvgIpc) is 2.98. The quantitative estimate of drug-likeness (QED) is 0.593. The normalized spacial score (nSPS) is 26.9. The van der Waals surface area contributed by atoms with Crippen molar-refractivity contribution >= 4 is 17.8 Å². The third-order valence-electron chi connectivity index (χ3n) is 7.20. The largest absolute Gasteiger partial charge is 0.508 e. The van der Waals surface area contributed by atoms with E-state index in [-0.39, 0.29) is 5.92 Å². The summed E-state index contributed by atoms with van der Waals surface area (Å²) in [7, 11) is 0. The molecular formula is C25H36N2O6. The monoisotopic (exact) mass is 460 g/mol. The summed E-state index contributed by atoms with van der Waals surface area (Å²) < 4.78 is 0. The number of nitrogens with zero attached hydrogens (tertiary/aromatic N) is 2. The average molecular weight is 461 g/mol. The number of aromatic hydroxyl groups is 1. The van der Waals surface area contributed by atoms with Crippen LogP contribution < -0.4 is 0 Å². The lowest BCUT2D eigenvalue weighted by Gasteiger charge is -2.40. The number of hydrogen-bond donors (Lipinski definition) is 3. The van der Waals surface area contributed by atoms with E-state index in [0.717, 1.165) is 51.0 Å². The molecule has 2 unspecified atom stereocenters. The molecule has 2 heterocycles. The number of carboxylic acid groups (broad SMARTS) is 2. The number of benzene rings is 1. The van der Waals surface area contributed by atoms with E-state index in [2.05, 4.69) is 30.6 Å². The molecule has 33 heavy (non-hydrogen) atoms. The number of hydrogen-bond acceptors (Lipinski definition) is 5. The second-order valence-corrected chi connectivity index (χ2v) is 11.0. The Bertz CT molecular complexity index is 881. The number of carbonyl (C=O) groups excluding carboxylic acids is 1. The molecule has 4 rings (SSSR count). The Morgan fingerprint density at radius 2 is 1.61 bits per heavy atom. The van der Waals surface area contributed by atoms with Crippen LogP contribution in [0.3, 0.4) is 0 Å². The lowest BCUT2D eigenvalue weighted by molar-refractivity contribution is -0.159. The second kappa shape index (κ2) is 9.71. The number of aliphatic carboxylic acids is 2. The van der Waals surface area contributed by atoms with Gasteiger partial charge in [0.05, 0.1) is 0 Å². The van der Waals surface area contributed by atoms with E-state index < -0.39 is 11.9 Å². The van der Waals surface area contributed by atoms with Gasteiger partial charge in [0, 0.05) is 30.6 Å². The predicted octanol–water partition coefficient (Wildman–Crippen LogP) is 3.19. The molecule has 3 aliphatic rings. The van der Waals surface area contributed by atoms with Gasteiger partial charge in [-0.1, -0.05) is 39.0 Å². The molecule has 1 saturated carbocycles. The first kappa shape index (κ1) is 25.0. The molecule has 2 saturated heterocycles.